The van der Waals surface area contributed by atoms with E-state index in [1.807, 2.05) is 54.0 Å². The predicted molar refractivity (Wildman–Crippen MR) is 127 cm³/mol. The number of amides is 1. The minimum Gasteiger partial charge on any atom is -0.423 e. The molecule has 4 heterocycles. The van der Waals surface area contributed by atoms with Gasteiger partial charge in [0, 0.05) is 47.1 Å². The molecule has 1 fully saturated rings. The average Bonchev–Trinajstić information content (AvgIpc) is 3.56. The van der Waals surface area contributed by atoms with Crippen LogP contribution in [-0.2, 0) is 4.79 Å². The van der Waals surface area contributed by atoms with Crippen LogP contribution in [0.5, 0.6) is 0 Å². The van der Waals surface area contributed by atoms with Crippen molar-refractivity contribution in [2.24, 2.45) is 5.92 Å². The maximum absolute atomic E-state index is 12.9. The molecular weight excluding hydrogens is 422 g/mol. The molecule has 2 N–H and O–H groups in total. The van der Waals surface area contributed by atoms with Crippen LogP contribution < -0.4 is 10.2 Å². The third-order valence-corrected chi connectivity index (χ3v) is 6.78. The molecule has 1 amide bonds. The summed E-state index contributed by atoms with van der Waals surface area (Å²) in [6.45, 7) is 1.48. The van der Waals surface area contributed by atoms with Crippen LogP contribution in [0.3, 0.4) is 0 Å². The third kappa shape index (κ3) is 3.42. The Morgan fingerprint density at radius 3 is 2.78 bits per heavy atom. The number of nitrogens with zero attached hydrogens (tertiary/aromatic N) is 3. The first kappa shape index (κ1) is 19.1. The largest absolute Gasteiger partial charge is 0.423 e. The molecule has 0 aliphatic carbocycles. The van der Waals surface area contributed by atoms with Gasteiger partial charge < -0.3 is 19.6 Å². The van der Waals surface area contributed by atoms with E-state index in [1.165, 1.54) is 11.3 Å². The van der Waals surface area contributed by atoms with Gasteiger partial charge in [-0.25, -0.2) is 4.98 Å². The number of aromatic amines is 1. The van der Waals surface area contributed by atoms with Crippen LogP contribution in [-0.4, -0.2) is 33.9 Å². The van der Waals surface area contributed by atoms with Crippen molar-refractivity contribution in [3.63, 3.8) is 0 Å². The molecule has 0 bridgehead atoms. The highest BCUT2D eigenvalue weighted by Crippen LogP contribution is 2.32. The lowest BCUT2D eigenvalue weighted by molar-refractivity contribution is -0.120. The van der Waals surface area contributed by atoms with Gasteiger partial charge in [-0.2, -0.15) is 4.98 Å². The Labute approximate surface area is 188 Å². The SMILES string of the molecule is O=C(Nc1nc(-c2c[nH]c3ccccc23)cs1)C1CCN(c2nc3ccccc3o2)CC1. The first-order chi connectivity index (χ1) is 15.7. The molecule has 0 radical (unpaired) electrons. The molecule has 3 aromatic heterocycles. The van der Waals surface area contributed by atoms with Gasteiger partial charge in [-0.15, -0.1) is 11.3 Å². The lowest BCUT2D eigenvalue weighted by Gasteiger charge is -2.29. The van der Waals surface area contributed by atoms with E-state index in [2.05, 4.69) is 31.2 Å². The fraction of sp³-hybridized carbons (Fsp3) is 0.208. The number of carbonyl (C=O) groups excluding carboxylic acids is 1. The number of oxazole rings is 1. The number of piperidine rings is 1. The van der Waals surface area contributed by atoms with Gasteiger partial charge in [-0.05, 0) is 31.0 Å². The number of nitrogens with one attached hydrogen (secondary N) is 2. The van der Waals surface area contributed by atoms with Crippen LogP contribution in [0, 0.1) is 5.92 Å². The Balaban J connectivity index is 1.10. The van der Waals surface area contributed by atoms with E-state index in [-0.39, 0.29) is 11.8 Å². The fourth-order valence-corrected chi connectivity index (χ4v) is 4.99. The highest BCUT2D eigenvalue weighted by Gasteiger charge is 2.27. The Morgan fingerprint density at radius 1 is 1.09 bits per heavy atom. The van der Waals surface area contributed by atoms with Crippen molar-refractivity contribution in [2.75, 3.05) is 23.3 Å². The summed E-state index contributed by atoms with van der Waals surface area (Å²) >= 11 is 1.46. The number of benzene rings is 2. The van der Waals surface area contributed by atoms with Crippen LogP contribution in [0.1, 0.15) is 12.8 Å². The lowest BCUT2D eigenvalue weighted by atomic mass is 9.96. The maximum Gasteiger partial charge on any atom is 0.298 e. The molecule has 0 spiro atoms. The first-order valence-corrected chi connectivity index (χ1v) is 11.6. The number of hydrogen-bond donors (Lipinski definition) is 2. The third-order valence-electron chi connectivity index (χ3n) is 6.02. The van der Waals surface area contributed by atoms with Gasteiger partial charge in [0.25, 0.3) is 6.01 Å². The van der Waals surface area contributed by atoms with E-state index < -0.39 is 0 Å². The van der Waals surface area contributed by atoms with Crippen LogP contribution in [0.15, 0.2) is 64.5 Å². The zero-order valence-electron chi connectivity index (χ0n) is 17.2. The summed E-state index contributed by atoms with van der Waals surface area (Å²) in [6.07, 6.45) is 3.48. The highest BCUT2D eigenvalue weighted by atomic mass is 32.1. The second-order valence-corrected chi connectivity index (χ2v) is 8.86. The number of para-hydroxylation sites is 3. The summed E-state index contributed by atoms with van der Waals surface area (Å²) < 4.78 is 5.87. The standard InChI is InChI=1S/C24H21N5O2S/c30-22(15-9-11-29(12-10-15)24-27-19-7-3-4-8-21(19)31-24)28-23-26-20(14-32-23)17-13-25-18-6-2-1-5-16(17)18/h1-8,13-15,25H,9-12H2,(H,26,28,30). The van der Waals surface area contributed by atoms with Crippen LogP contribution in [0.4, 0.5) is 11.1 Å². The normalized spacial score (nSPS) is 14.9. The number of thiazole rings is 1. The minimum absolute atomic E-state index is 0.0297. The monoisotopic (exact) mass is 443 g/mol. The van der Waals surface area contributed by atoms with Crippen LogP contribution in [0.2, 0.25) is 0 Å². The zero-order chi connectivity index (χ0) is 21.5. The molecule has 1 saturated heterocycles. The molecule has 32 heavy (non-hydrogen) atoms. The Morgan fingerprint density at radius 2 is 1.91 bits per heavy atom. The molecule has 2 aromatic carbocycles. The van der Waals surface area contributed by atoms with E-state index in [9.17, 15) is 4.79 Å². The Bertz CT molecular complexity index is 1380. The minimum atomic E-state index is -0.0453. The molecule has 6 rings (SSSR count). The van der Waals surface area contributed by atoms with Crippen molar-refractivity contribution in [2.45, 2.75) is 12.8 Å². The zero-order valence-corrected chi connectivity index (χ0v) is 18.1. The maximum atomic E-state index is 12.9. The number of H-pyrrole nitrogens is 1. The molecule has 5 aromatic rings. The van der Waals surface area contributed by atoms with Crippen LogP contribution in [0.25, 0.3) is 33.3 Å². The van der Waals surface area contributed by atoms with E-state index in [0.29, 0.717) is 11.1 Å². The molecule has 160 valence electrons. The second-order valence-electron chi connectivity index (χ2n) is 8.00. The smallest absolute Gasteiger partial charge is 0.298 e. The molecule has 8 heteroatoms. The summed E-state index contributed by atoms with van der Waals surface area (Å²) in [5.41, 5.74) is 4.64. The molecule has 0 unspecified atom stereocenters. The number of aromatic nitrogens is 3. The van der Waals surface area contributed by atoms with Gasteiger partial charge in [0.2, 0.25) is 5.91 Å². The number of hydrogen-bond acceptors (Lipinski definition) is 6. The second kappa shape index (κ2) is 7.80. The summed E-state index contributed by atoms with van der Waals surface area (Å²) in [5.74, 6) is -0.0156. The molecular formula is C24H21N5O2S. The summed E-state index contributed by atoms with van der Waals surface area (Å²) in [7, 11) is 0. The molecule has 0 saturated carbocycles. The number of fused-ring (bicyclic) bond motifs is 2. The van der Waals surface area contributed by atoms with E-state index in [0.717, 1.165) is 59.2 Å². The lowest BCUT2D eigenvalue weighted by Crippen LogP contribution is -2.38. The van der Waals surface area contributed by atoms with Crippen molar-refractivity contribution in [3.8, 4) is 11.3 Å². The molecule has 1 aliphatic rings. The summed E-state index contributed by atoms with van der Waals surface area (Å²) in [4.78, 5) is 27.5. The van der Waals surface area contributed by atoms with Gasteiger partial charge in [0.05, 0.1) is 5.69 Å². The van der Waals surface area contributed by atoms with Gasteiger partial charge in [-0.1, -0.05) is 30.3 Å². The van der Waals surface area contributed by atoms with Crippen molar-refractivity contribution in [1.29, 1.82) is 0 Å². The Hall–Kier alpha value is -3.65. The number of anilines is 2. The number of carbonyl (C=O) groups is 1. The summed E-state index contributed by atoms with van der Waals surface area (Å²) in [6, 6.07) is 16.5. The highest BCUT2D eigenvalue weighted by molar-refractivity contribution is 7.14. The Kier molecular flexibility index (Phi) is 4.65. The fourth-order valence-electron chi connectivity index (χ4n) is 4.27. The van der Waals surface area contributed by atoms with Crippen molar-refractivity contribution < 1.29 is 9.21 Å². The van der Waals surface area contributed by atoms with E-state index in [4.69, 9.17) is 4.42 Å². The predicted octanol–water partition coefficient (Wildman–Crippen LogP) is 5.29. The molecule has 7 nitrogen and oxygen atoms in total. The van der Waals surface area contributed by atoms with Crippen LogP contribution >= 0.6 is 11.3 Å². The van der Waals surface area contributed by atoms with Crippen molar-refractivity contribution >= 4 is 50.4 Å². The van der Waals surface area contributed by atoms with Crippen molar-refractivity contribution in [3.05, 3.63) is 60.1 Å². The van der Waals surface area contributed by atoms with Gasteiger partial charge in [0.1, 0.15) is 5.52 Å². The van der Waals surface area contributed by atoms with Gasteiger partial charge >= 0.3 is 0 Å². The molecule has 0 atom stereocenters. The van der Waals surface area contributed by atoms with Crippen molar-refractivity contribution in [1.82, 2.24) is 15.0 Å². The van der Waals surface area contributed by atoms with Gasteiger partial charge in [0.15, 0.2) is 10.7 Å². The summed E-state index contributed by atoms with van der Waals surface area (Å²) in [5, 5.41) is 6.77. The molecule has 1 aliphatic heterocycles. The number of rotatable bonds is 4. The van der Waals surface area contributed by atoms with Gasteiger partial charge in [-0.3, -0.25) is 4.79 Å². The quantitative estimate of drug-likeness (QED) is 0.394. The van der Waals surface area contributed by atoms with E-state index in [1.54, 1.807) is 0 Å². The topological polar surface area (TPSA) is 87.0 Å². The van der Waals surface area contributed by atoms with E-state index >= 15 is 0 Å². The first-order valence-electron chi connectivity index (χ1n) is 10.7. The average molecular weight is 444 g/mol.